The zero-order valence-corrected chi connectivity index (χ0v) is 19.2. The van der Waals surface area contributed by atoms with E-state index in [2.05, 4.69) is 0 Å². The molecule has 1 N–H and O–H groups in total. The molecule has 0 unspecified atom stereocenters. The summed E-state index contributed by atoms with van der Waals surface area (Å²) in [5.74, 6) is -0.328. The van der Waals surface area contributed by atoms with Gasteiger partial charge in [0.2, 0.25) is 6.79 Å². The number of hydrogen-bond acceptors (Lipinski definition) is 9. The molecule has 1 heterocycles. The Morgan fingerprint density at radius 1 is 0.853 bits per heavy atom. The van der Waals surface area contributed by atoms with E-state index < -0.39 is 17.7 Å². The lowest BCUT2D eigenvalue weighted by Crippen LogP contribution is -2.16. The molecule has 0 saturated heterocycles. The molecule has 4 rings (SSSR count). The van der Waals surface area contributed by atoms with Crippen LogP contribution in [0.25, 0.3) is 21.9 Å². The lowest BCUT2D eigenvalue weighted by molar-refractivity contribution is 0.0477. The molecule has 9 nitrogen and oxygen atoms in total. The number of phenolic OH excluding ortho intramolecular Hbond substituents is 1. The van der Waals surface area contributed by atoms with E-state index in [1.807, 2.05) is 0 Å². The van der Waals surface area contributed by atoms with E-state index >= 15 is 0 Å². The molecule has 0 spiro atoms. The maximum Gasteiger partial charge on any atom is 0.342 e. The largest absolute Gasteiger partial charge is 0.506 e. The minimum atomic E-state index is -0.857. The van der Waals surface area contributed by atoms with Crippen LogP contribution in [-0.2, 0) is 9.47 Å². The van der Waals surface area contributed by atoms with Gasteiger partial charge < -0.3 is 33.5 Å². The molecular weight excluding hydrogens is 444 g/mol. The van der Waals surface area contributed by atoms with Crippen molar-refractivity contribution in [3.05, 3.63) is 41.5 Å². The Balaban J connectivity index is 2.17. The van der Waals surface area contributed by atoms with Crippen LogP contribution in [0.1, 0.15) is 34.6 Å². The normalized spacial score (nSPS) is 11.9. The molecule has 0 atom stereocenters. The zero-order valence-electron chi connectivity index (χ0n) is 19.2. The van der Waals surface area contributed by atoms with Crippen LogP contribution < -0.4 is 18.9 Å². The molecule has 0 bridgehead atoms. The Labute approximate surface area is 195 Å². The smallest absolute Gasteiger partial charge is 0.342 e. The van der Waals surface area contributed by atoms with Crippen LogP contribution in [0.3, 0.4) is 0 Å². The minimum Gasteiger partial charge on any atom is -0.506 e. The predicted molar refractivity (Wildman–Crippen MR) is 122 cm³/mol. The lowest BCUT2D eigenvalue weighted by atomic mass is 9.88. The fraction of sp³-hybridized carbons (Fsp3) is 0.280. The molecule has 34 heavy (non-hydrogen) atoms. The summed E-state index contributed by atoms with van der Waals surface area (Å²) < 4.78 is 32.2. The van der Waals surface area contributed by atoms with Crippen molar-refractivity contribution in [2.24, 2.45) is 0 Å². The summed E-state index contributed by atoms with van der Waals surface area (Å²) in [4.78, 5) is 26.2. The first-order chi connectivity index (χ1) is 16.4. The number of phenols is 1. The third-order valence-electron chi connectivity index (χ3n) is 5.41. The molecule has 3 aromatic rings. The summed E-state index contributed by atoms with van der Waals surface area (Å²) in [5.41, 5.74) is 0.441. The van der Waals surface area contributed by atoms with Crippen molar-refractivity contribution in [3.63, 3.8) is 0 Å². The van der Waals surface area contributed by atoms with Crippen molar-refractivity contribution in [1.82, 2.24) is 0 Å². The summed E-state index contributed by atoms with van der Waals surface area (Å²) >= 11 is 0. The minimum absolute atomic E-state index is 0.00752. The van der Waals surface area contributed by atoms with E-state index in [4.69, 9.17) is 28.4 Å². The van der Waals surface area contributed by atoms with Gasteiger partial charge in [-0.15, -0.1) is 0 Å². The quantitative estimate of drug-likeness (QED) is 0.507. The van der Waals surface area contributed by atoms with Gasteiger partial charge in [0.1, 0.15) is 11.3 Å². The molecular formula is C25H24O9. The fourth-order valence-corrected chi connectivity index (χ4v) is 3.96. The maximum absolute atomic E-state index is 13.2. The van der Waals surface area contributed by atoms with E-state index in [-0.39, 0.29) is 36.5 Å². The Morgan fingerprint density at radius 2 is 1.44 bits per heavy atom. The van der Waals surface area contributed by atoms with Crippen molar-refractivity contribution in [2.45, 2.75) is 13.8 Å². The molecule has 178 valence electrons. The Hall–Kier alpha value is -4.14. The summed E-state index contributed by atoms with van der Waals surface area (Å²) in [6.07, 6.45) is 0. The summed E-state index contributed by atoms with van der Waals surface area (Å²) in [6, 6.07) is 8.29. The van der Waals surface area contributed by atoms with Crippen molar-refractivity contribution >= 4 is 22.7 Å². The molecule has 0 aromatic heterocycles. The number of ether oxygens (including phenoxy) is 6. The Morgan fingerprint density at radius 3 is 2.03 bits per heavy atom. The number of esters is 2. The van der Waals surface area contributed by atoms with Gasteiger partial charge >= 0.3 is 11.9 Å². The van der Waals surface area contributed by atoms with Crippen molar-refractivity contribution in [1.29, 1.82) is 0 Å². The average Bonchev–Trinajstić information content (AvgIpc) is 3.30. The van der Waals surface area contributed by atoms with Crippen LogP contribution >= 0.6 is 0 Å². The number of carbonyl (C=O) groups excluding carboxylic acids is 2. The molecule has 3 aromatic carbocycles. The maximum atomic E-state index is 13.2. The van der Waals surface area contributed by atoms with Crippen LogP contribution in [-0.4, -0.2) is 51.3 Å². The number of hydrogen-bond donors (Lipinski definition) is 1. The zero-order chi connectivity index (χ0) is 24.4. The second-order valence-corrected chi connectivity index (χ2v) is 7.24. The second-order valence-electron chi connectivity index (χ2n) is 7.24. The van der Waals surface area contributed by atoms with E-state index in [9.17, 15) is 14.7 Å². The summed E-state index contributed by atoms with van der Waals surface area (Å²) in [6.45, 7) is 3.40. The van der Waals surface area contributed by atoms with Crippen LogP contribution in [0.2, 0.25) is 0 Å². The number of carbonyl (C=O) groups is 2. The topological polar surface area (TPSA) is 110 Å². The number of fused-ring (bicyclic) bond motifs is 2. The highest BCUT2D eigenvalue weighted by molar-refractivity contribution is 6.18. The SMILES string of the molecule is CCOC(=O)c1c(C(=O)OCC)c(-c2ccc(OC)c(OC)c2)c2cc3c(cc2c1O)OCO3. The lowest BCUT2D eigenvalue weighted by Gasteiger charge is -2.19. The monoisotopic (exact) mass is 468 g/mol. The van der Waals surface area contributed by atoms with Crippen LogP contribution in [0.5, 0.6) is 28.7 Å². The molecule has 0 aliphatic carbocycles. The van der Waals surface area contributed by atoms with Gasteiger partial charge in [-0.3, -0.25) is 0 Å². The van der Waals surface area contributed by atoms with Gasteiger partial charge in [-0.1, -0.05) is 6.07 Å². The molecule has 1 aliphatic rings. The van der Waals surface area contributed by atoms with Gasteiger partial charge in [0.25, 0.3) is 0 Å². The van der Waals surface area contributed by atoms with Crippen molar-refractivity contribution < 1.29 is 43.1 Å². The first kappa shape index (κ1) is 23.0. The van der Waals surface area contributed by atoms with E-state index in [1.165, 1.54) is 14.2 Å². The van der Waals surface area contributed by atoms with E-state index in [1.54, 1.807) is 44.2 Å². The van der Waals surface area contributed by atoms with E-state index in [0.29, 0.717) is 39.5 Å². The van der Waals surface area contributed by atoms with Gasteiger partial charge in [0.05, 0.1) is 33.0 Å². The number of aromatic hydroxyl groups is 1. The first-order valence-corrected chi connectivity index (χ1v) is 10.6. The Kier molecular flexibility index (Phi) is 6.36. The number of benzene rings is 3. The molecule has 0 saturated carbocycles. The van der Waals surface area contributed by atoms with Gasteiger partial charge in [0.15, 0.2) is 23.0 Å². The highest BCUT2D eigenvalue weighted by atomic mass is 16.7. The summed E-state index contributed by atoms with van der Waals surface area (Å²) in [7, 11) is 3.00. The molecule has 1 aliphatic heterocycles. The third-order valence-corrected chi connectivity index (χ3v) is 5.41. The number of rotatable bonds is 7. The van der Waals surface area contributed by atoms with Crippen LogP contribution in [0, 0.1) is 0 Å². The van der Waals surface area contributed by atoms with Crippen LogP contribution in [0.4, 0.5) is 0 Å². The highest BCUT2D eigenvalue weighted by Gasteiger charge is 2.32. The second kappa shape index (κ2) is 9.38. The van der Waals surface area contributed by atoms with E-state index in [0.717, 1.165) is 0 Å². The average molecular weight is 468 g/mol. The predicted octanol–water partition coefficient (Wildman–Crippen LogP) is 4.31. The molecule has 0 radical (unpaired) electrons. The third kappa shape index (κ3) is 3.79. The van der Waals surface area contributed by atoms with Gasteiger partial charge in [0, 0.05) is 10.9 Å². The highest BCUT2D eigenvalue weighted by Crippen LogP contribution is 2.47. The van der Waals surface area contributed by atoms with Gasteiger partial charge in [-0.2, -0.15) is 0 Å². The van der Waals surface area contributed by atoms with Crippen molar-refractivity contribution in [2.75, 3.05) is 34.2 Å². The van der Waals surface area contributed by atoms with Gasteiger partial charge in [-0.25, -0.2) is 9.59 Å². The molecule has 9 heteroatoms. The summed E-state index contributed by atoms with van der Waals surface area (Å²) in [5, 5.41) is 11.9. The first-order valence-electron chi connectivity index (χ1n) is 10.6. The van der Waals surface area contributed by atoms with Crippen molar-refractivity contribution in [3.8, 4) is 39.9 Å². The van der Waals surface area contributed by atoms with Crippen LogP contribution in [0.15, 0.2) is 30.3 Å². The fourth-order valence-electron chi connectivity index (χ4n) is 3.96. The molecule has 0 amide bonds. The number of methoxy groups -OCH3 is 2. The Bertz CT molecular complexity index is 1280. The molecule has 0 fully saturated rings. The van der Waals surface area contributed by atoms with Gasteiger partial charge in [-0.05, 0) is 49.1 Å². The standard InChI is InChI=1S/C25H24O9/c1-5-31-24(27)21-20(13-7-8-16(29-3)17(9-13)30-4)14-10-18-19(34-12-33-18)11-15(14)23(26)22(21)25(28)32-6-2/h7-11,26H,5-6,12H2,1-4H3.